The van der Waals surface area contributed by atoms with Crippen LogP contribution in [0.15, 0.2) is 24.5 Å². The number of hydrogen-bond donors (Lipinski definition) is 3. The number of nitrogens with zero attached hydrogens (tertiary/aromatic N) is 2. The van der Waals surface area contributed by atoms with Crippen molar-refractivity contribution in [2.24, 2.45) is 0 Å². The summed E-state index contributed by atoms with van der Waals surface area (Å²) < 4.78 is 11.8. The Hall–Kier alpha value is -2.71. The van der Waals surface area contributed by atoms with Crippen molar-refractivity contribution in [1.82, 2.24) is 15.3 Å². The van der Waals surface area contributed by atoms with Gasteiger partial charge in [-0.25, -0.2) is 9.78 Å². The van der Waals surface area contributed by atoms with Crippen molar-refractivity contribution in [2.75, 3.05) is 36.9 Å². The van der Waals surface area contributed by atoms with Crippen LogP contribution in [0, 0.1) is 6.92 Å². The van der Waals surface area contributed by atoms with Gasteiger partial charge in [0.1, 0.15) is 18.5 Å². The fourth-order valence-corrected chi connectivity index (χ4v) is 3.62. The first kappa shape index (κ1) is 19.6. The number of morpholine rings is 1. The smallest absolute Gasteiger partial charge is 0.324 e. The van der Waals surface area contributed by atoms with E-state index in [0.29, 0.717) is 30.5 Å². The second-order valence-electron chi connectivity index (χ2n) is 7.45. The summed E-state index contributed by atoms with van der Waals surface area (Å²) in [6.07, 6.45) is 7.56. The van der Waals surface area contributed by atoms with E-state index in [1.54, 1.807) is 6.20 Å². The fourth-order valence-electron chi connectivity index (χ4n) is 3.62. The average molecular weight is 397 g/mol. The number of anilines is 2. The van der Waals surface area contributed by atoms with Gasteiger partial charge in [0.05, 0.1) is 30.4 Å². The minimum Gasteiger partial charge on any atom is -0.489 e. The highest BCUT2D eigenvalue weighted by Gasteiger charge is 2.19. The molecule has 4 rings (SSSR count). The Balaban J connectivity index is 1.48. The van der Waals surface area contributed by atoms with Crippen LogP contribution < -0.4 is 20.7 Å². The number of aryl methyl sites for hydroxylation is 3. The topological polar surface area (TPSA) is 97.4 Å². The van der Waals surface area contributed by atoms with Crippen molar-refractivity contribution >= 4 is 17.5 Å². The molecule has 154 valence electrons. The van der Waals surface area contributed by atoms with Crippen molar-refractivity contribution in [3.63, 3.8) is 0 Å². The molecule has 1 aromatic heterocycles. The predicted octanol–water partition coefficient (Wildman–Crippen LogP) is 2.68. The van der Waals surface area contributed by atoms with Crippen LogP contribution in [-0.4, -0.2) is 48.4 Å². The summed E-state index contributed by atoms with van der Waals surface area (Å²) in [6, 6.07) is 3.72. The zero-order valence-electron chi connectivity index (χ0n) is 16.7. The van der Waals surface area contributed by atoms with Crippen LogP contribution in [0.4, 0.5) is 16.3 Å². The molecule has 2 aliphatic rings. The van der Waals surface area contributed by atoms with Crippen LogP contribution in [0.3, 0.4) is 0 Å². The van der Waals surface area contributed by atoms with E-state index < -0.39 is 0 Å². The second-order valence-corrected chi connectivity index (χ2v) is 7.45. The Bertz CT molecular complexity index is 850. The highest BCUT2D eigenvalue weighted by atomic mass is 16.5. The molecule has 1 aliphatic heterocycles. The molecule has 29 heavy (non-hydrogen) atoms. The van der Waals surface area contributed by atoms with Crippen molar-refractivity contribution in [1.29, 1.82) is 0 Å². The van der Waals surface area contributed by atoms with Gasteiger partial charge in [-0.15, -0.1) is 0 Å². The number of ether oxygens (including phenoxy) is 2. The zero-order chi connectivity index (χ0) is 20.1. The van der Waals surface area contributed by atoms with E-state index in [1.807, 2.05) is 13.0 Å². The van der Waals surface area contributed by atoms with Gasteiger partial charge in [0.15, 0.2) is 5.82 Å². The Labute approximate surface area is 170 Å². The van der Waals surface area contributed by atoms with E-state index in [0.717, 1.165) is 31.6 Å². The van der Waals surface area contributed by atoms with Gasteiger partial charge in [0, 0.05) is 13.1 Å². The molecule has 1 atom stereocenters. The maximum absolute atomic E-state index is 12.5. The van der Waals surface area contributed by atoms with Crippen molar-refractivity contribution in [2.45, 2.75) is 38.7 Å². The molecule has 0 radical (unpaired) electrons. The Morgan fingerprint density at radius 3 is 2.76 bits per heavy atom. The summed E-state index contributed by atoms with van der Waals surface area (Å²) in [6.45, 7) is 4.60. The number of carbonyl (C=O) groups excluding carboxylic acids is 1. The number of amides is 2. The molecule has 0 spiro atoms. The van der Waals surface area contributed by atoms with E-state index in [-0.39, 0.29) is 12.1 Å². The minimum absolute atomic E-state index is 0.00397. The molecule has 1 fully saturated rings. The van der Waals surface area contributed by atoms with E-state index >= 15 is 0 Å². The third-order valence-corrected chi connectivity index (χ3v) is 5.14. The van der Waals surface area contributed by atoms with Gasteiger partial charge in [-0.2, -0.15) is 0 Å². The number of hydrogen-bond acceptors (Lipinski definition) is 6. The SMILES string of the molecule is Cc1cnc(NC(=O)Nc2cc3c(cc2OCC2CNCCO2)CCCC3)cn1. The van der Waals surface area contributed by atoms with Crippen LogP contribution in [0.2, 0.25) is 0 Å². The monoisotopic (exact) mass is 397 g/mol. The van der Waals surface area contributed by atoms with Gasteiger partial charge in [0.2, 0.25) is 0 Å². The van der Waals surface area contributed by atoms with Crippen molar-refractivity contribution < 1.29 is 14.3 Å². The highest BCUT2D eigenvalue weighted by molar-refractivity contribution is 6.00. The third-order valence-electron chi connectivity index (χ3n) is 5.14. The zero-order valence-corrected chi connectivity index (χ0v) is 16.7. The van der Waals surface area contributed by atoms with E-state index in [2.05, 4.69) is 32.0 Å². The fraction of sp³-hybridized carbons (Fsp3) is 0.476. The highest BCUT2D eigenvalue weighted by Crippen LogP contribution is 2.33. The van der Waals surface area contributed by atoms with Crippen LogP contribution in [-0.2, 0) is 17.6 Å². The van der Waals surface area contributed by atoms with E-state index in [4.69, 9.17) is 9.47 Å². The van der Waals surface area contributed by atoms with Gasteiger partial charge in [-0.1, -0.05) is 0 Å². The minimum atomic E-state index is -0.376. The molecule has 2 heterocycles. The molecule has 1 unspecified atom stereocenters. The molecule has 1 saturated heterocycles. The summed E-state index contributed by atoms with van der Waals surface area (Å²) in [5.41, 5.74) is 4.02. The maximum atomic E-state index is 12.5. The van der Waals surface area contributed by atoms with Crippen molar-refractivity contribution in [3.05, 3.63) is 41.3 Å². The second kappa shape index (κ2) is 9.19. The van der Waals surface area contributed by atoms with E-state index in [9.17, 15) is 4.79 Å². The molecule has 0 bridgehead atoms. The lowest BCUT2D eigenvalue weighted by molar-refractivity contribution is 0.000331. The van der Waals surface area contributed by atoms with Gasteiger partial charge >= 0.3 is 6.03 Å². The lowest BCUT2D eigenvalue weighted by Gasteiger charge is -2.25. The predicted molar refractivity (Wildman–Crippen MR) is 111 cm³/mol. The molecule has 8 nitrogen and oxygen atoms in total. The molecule has 2 aromatic rings. The number of benzene rings is 1. The molecule has 2 amide bonds. The molecular weight excluding hydrogens is 370 g/mol. The standard InChI is InChI=1S/C21H27N5O3/c1-14-10-24-20(12-23-14)26-21(27)25-18-8-15-4-2-3-5-16(15)9-19(18)29-13-17-11-22-6-7-28-17/h8-10,12,17,22H,2-7,11,13H2,1H3,(H2,24,25,26,27). The van der Waals surface area contributed by atoms with Crippen molar-refractivity contribution in [3.8, 4) is 5.75 Å². The first-order chi connectivity index (χ1) is 14.2. The number of carbonyl (C=O) groups is 1. The number of aromatic nitrogens is 2. The third kappa shape index (κ3) is 5.21. The maximum Gasteiger partial charge on any atom is 0.324 e. The Morgan fingerprint density at radius 1 is 1.21 bits per heavy atom. The number of urea groups is 1. The summed E-state index contributed by atoms with van der Waals surface area (Å²) in [5.74, 6) is 1.07. The van der Waals surface area contributed by atoms with Crippen LogP contribution in [0.5, 0.6) is 5.75 Å². The van der Waals surface area contributed by atoms with Gasteiger partial charge in [-0.3, -0.25) is 10.3 Å². The van der Waals surface area contributed by atoms with Crippen LogP contribution in [0.25, 0.3) is 0 Å². The molecule has 1 aromatic carbocycles. The number of fused-ring (bicyclic) bond motifs is 1. The molecule has 8 heteroatoms. The number of rotatable bonds is 5. The van der Waals surface area contributed by atoms with Gasteiger partial charge in [-0.05, 0) is 55.9 Å². The Morgan fingerprint density at radius 2 is 2.03 bits per heavy atom. The first-order valence-corrected chi connectivity index (χ1v) is 10.1. The molecular formula is C21H27N5O3. The largest absolute Gasteiger partial charge is 0.489 e. The summed E-state index contributed by atoms with van der Waals surface area (Å²) in [4.78, 5) is 20.8. The van der Waals surface area contributed by atoms with Crippen LogP contribution in [0.1, 0.15) is 29.7 Å². The summed E-state index contributed by atoms with van der Waals surface area (Å²) in [7, 11) is 0. The lowest BCUT2D eigenvalue weighted by atomic mass is 9.91. The average Bonchev–Trinajstić information content (AvgIpc) is 2.74. The van der Waals surface area contributed by atoms with Gasteiger partial charge < -0.3 is 20.1 Å². The first-order valence-electron chi connectivity index (χ1n) is 10.1. The quantitative estimate of drug-likeness (QED) is 0.718. The van der Waals surface area contributed by atoms with E-state index in [1.165, 1.54) is 30.2 Å². The molecule has 3 N–H and O–H groups in total. The lowest BCUT2D eigenvalue weighted by Crippen LogP contribution is -2.41. The summed E-state index contributed by atoms with van der Waals surface area (Å²) in [5, 5.41) is 8.93. The Kier molecular flexibility index (Phi) is 6.21. The van der Waals surface area contributed by atoms with Gasteiger partial charge in [0.25, 0.3) is 0 Å². The summed E-state index contributed by atoms with van der Waals surface area (Å²) >= 11 is 0. The van der Waals surface area contributed by atoms with Crippen LogP contribution >= 0.6 is 0 Å². The normalized spacial score (nSPS) is 18.6. The number of nitrogens with one attached hydrogen (secondary N) is 3. The molecule has 0 saturated carbocycles. The molecule has 1 aliphatic carbocycles.